The zero-order valence-electron chi connectivity index (χ0n) is 12.0. The van der Waals surface area contributed by atoms with Crippen molar-refractivity contribution in [3.8, 4) is 5.75 Å². The fourth-order valence-electron chi connectivity index (χ4n) is 2.35. The second-order valence-electron chi connectivity index (χ2n) is 4.88. The van der Waals surface area contributed by atoms with Crippen molar-refractivity contribution in [1.29, 1.82) is 0 Å². The fraction of sp³-hybridized carbons (Fsp3) is 0.294. The maximum atomic E-state index is 6.13. The van der Waals surface area contributed by atoms with Crippen LogP contribution in [0.25, 0.3) is 0 Å². The van der Waals surface area contributed by atoms with Crippen molar-refractivity contribution in [2.75, 3.05) is 13.2 Å². The lowest BCUT2D eigenvalue weighted by atomic mass is 9.91. The minimum Gasteiger partial charge on any atom is -0.494 e. The molecular formula is C17H19Cl2NO. The lowest BCUT2D eigenvalue weighted by molar-refractivity contribution is 0.334. The molecule has 0 aliphatic heterocycles. The Labute approximate surface area is 135 Å². The van der Waals surface area contributed by atoms with E-state index in [1.165, 1.54) is 5.56 Å². The van der Waals surface area contributed by atoms with Crippen molar-refractivity contribution in [1.82, 2.24) is 0 Å². The lowest BCUT2D eigenvalue weighted by Crippen LogP contribution is -2.16. The van der Waals surface area contributed by atoms with E-state index in [9.17, 15) is 0 Å². The van der Waals surface area contributed by atoms with Gasteiger partial charge in [0.15, 0.2) is 0 Å². The van der Waals surface area contributed by atoms with E-state index >= 15 is 0 Å². The molecule has 0 aliphatic rings. The van der Waals surface area contributed by atoms with Gasteiger partial charge in [-0.3, -0.25) is 0 Å². The Morgan fingerprint density at radius 2 is 1.71 bits per heavy atom. The largest absolute Gasteiger partial charge is 0.494 e. The molecule has 1 atom stereocenters. The Hall–Kier alpha value is -1.22. The maximum Gasteiger partial charge on any atom is 0.122 e. The van der Waals surface area contributed by atoms with Crippen LogP contribution in [0.4, 0.5) is 0 Å². The van der Waals surface area contributed by atoms with Gasteiger partial charge in [-0.1, -0.05) is 35.3 Å². The minimum atomic E-state index is 0.159. The lowest BCUT2D eigenvalue weighted by Gasteiger charge is -2.19. The summed E-state index contributed by atoms with van der Waals surface area (Å²) in [6.07, 6.45) is 0.827. The van der Waals surface area contributed by atoms with Crippen LogP contribution >= 0.6 is 23.2 Å². The molecule has 0 spiro atoms. The second kappa shape index (κ2) is 7.69. The predicted molar refractivity (Wildman–Crippen MR) is 89.6 cm³/mol. The highest BCUT2D eigenvalue weighted by Crippen LogP contribution is 2.31. The van der Waals surface area contributed by atoms with Crippen LogP contribution in [-0.2, 0) is 6.42 Å². The van der Waals surface area contributed by atoms with Crippen LogP contribution in [0.3, 0.4) is 0 Å². The average molecular weight is 324 g/mol. The highest BCUT2D eigenvalue weighted by molar-refractivity contribution is 6.30. The molecule has 0 aliphatic carbocycles. The molecule has 2 nitrogen and oxygen atoms in total. The first-order valence-electron chi connectivity index (χ1n) is 7.00. The standard InChI is InChI=1S/C17H19Cl2NO/c1-2-21-17-8-7-15(19)10-16(17)13(11-20)9-12-3-5-14(18)6-4-12/h3-8,10,13H,2,9,11,20H2,1H3. The molecule has 0 amide bonds. The molecule has 0 radical (unpaired) electrons. The van der Waals surface area contributed by atoms with Gasteiger partial charge in [0.05, 0.1) is 6.61 Å². The van der Waals surface area contributed by atoms with Crippen LogP contribution in [0.1, 0.15) is 24.0 Å². The van der Waals surface area contributed by atoms with E-state index in [1.54, 1.807) is 0 Å². The topological polar surface area (TPSA) is 35.2 Å². The molecule has 2 N–H and O–H groups in total. The summed E-state index contributed by atoms with van der Waals surface area (Å²) < 4.78 is 5.70. The number of benzene rings is 2. The van der Waals surface area contributed by atoms with Gasteiger partial charge in [0.25, 0.3) is 0 Å². The molecule has 0 saturated heterocycles. The Morgan fingerprint density at radius 3 is 2.33 bits per heavy atom. The van der Waals surface area contributed by atoms with Crippen LogP contribution in [-0.4, -0.2) is 13.2 Å². The SMILES string of the molecule is CCOc1ccc(Cl)cc1C(CN)Cc1ccc(Cl)cc1. The van der Waals surface area contributed by atoms with Gasteiger partial charge in [0, 0.05) is 21.5 Å². The van der Waals surface area contributed by atoms with Gasteiger partial charge in [0.2, 0.25) is 0 Å². The van der Waals surface area contributed by atoms with Crippen molar-refractivity contribution < 1.29 is 4.74 Å². The summed E-state index contributed by atoms with van der Waals surface area (Å²) in [7, 11) is 0. The molecule has 0 saturated carbocycles. The summed E-state index contributed by atoms with van der Waals surface area (Å²) in [5, 5.41) is 1.43. The molecule has 112 valence electrons. The molecule has 2 aromatic rings. The summed E-state index contributed by atoms with van der Waals surface area (Å²) in [5.74, 6) is 1.01. The molecule has 1 unspecified atom stereocenters. The van der Waals surface area contributed by atoms with Crippen molar-refractivity contribution in [2.24, 2.45) is 5.73 Å². The molecule has 21 heavy (non-hydrogen) atoms. The molecular weight excluding hydrogens is 305 g/mol. The van der Waals surface area contributed by atoms with Gasteiger partial charge >= 0.3 is 0 Å². The average Bonchev–Trinajstić information content (AvgIpc) is 2.49. The van der Waals surface area contributed by atoms with E-state index in [2.05, 4.69) is 0 Å². The van der Waals surface area contributed by atoms with E-state index in [-0.39, 0.29) is 5.92 Å². The molecule has 0 heterocycles. The van der Waals surface area contributed by atoms with Crippen molar-refractivity contribution in [2.45, 2.75) is 19.3 Å². The van der Waals surface area contributed by atoms with Crippen molar-refractivity contribution in [3.63, 3.8) is 0 Å². The van der Waals surface area contributed by atoms with Crippen molar-refractivity contribution in [3.05, 3.63) is 63.6 Å². The summed E-state index contributed by atoms with van der Waals surface area (Å²) in [6, 6.07) is 13.5. The first-order chi connectivity index (χ1) is 10.1. The van der Waals surface area contributed by atoms with Crippen LogP contribution in [0.15, 0.2) is 42.5 Å². The van der Waals surface area contributed by atoms with E-state index < -0.39 is 0 Å². The number of nitrogens with two attached hydrogens (primary N) is 1. The third kappa shape index (κ3) is 4.37. The zero-order chi connectivity index (χ0) is 15.2. The second-order valence-corrected chi connectivity index (χ2v) is 5.75. The maximum absolute atomic E-state index is 6.13. The normalized spacial score (nSPS) is 12.2. The Balaban J connectivity index is 2.27. The quantitative estimate of drug-likeness (QED) is 0.837. The Morgan fingerprint density at radius 1 is 1.05 bits per heavy atom. The number of ether oxygens (including phenoxy) is 1. The molecule has 2 aromatic carbocycles. The molecule has 2 rings (SSSR count). The van der Waals surface area contributed by atoms with E-state index in [0.29, 0.717) is 18.2 Å². The van der Waals surface area contributed by atoms with E-state index in [0.717, 1.165) is 22.8 Å². The summed E-state index contributed by atoms with van der Waals surface area (Å²) in [6.45, 7) is 3.12. The number of rotatable bonds is 6. The van der Waals surface area contributed by atoms with Crippen LogP contribution in [0.5, 0.6) is 5.75 Å². The van der Waals surface area contributed by atoms with Gasteiger partial charge in [-0.05, 0) is 55.8 Å². The van der Waals surface area contributed by atoms with Gasteiger partial charge < -0.3 is 10.5 Å². The number of hydrogen-bond donors (Lipinski definition) is 1. The Kier molecular flexibility index (Phi) is 5.92. The highest BCUT2D eigenvalue weighted by atomic mass is 35.5. The number of hydrogen-bond acceptors (Lipinski definition) is 2. The molecule has 0 bridgehead atoms. The molecule has 0 fully saturated rings. The highest BCUT2D eigenvalue weighted by Gasteiger charge is 2.16. The van der Waals surface area contributed by atoms with Gasteiger partial charge in [0.1, 0.15) is 5.75 Å². The van der Waals surface area contributed by atoms with Crippen LogP contribution < -0.4 is 10.5 Å². The van der Waals surface area contributed by atoms with Gasteiger partial charge in [-0.15, -0.1) is 0 Å². The number of halogens is 2. The predicted octanol–water partition coefficient (Wildman–Crippen LogP) is 4.68. The smallest absolute Gasteiger partial charge is 0.122 e. The first kappa shape index (κ1) is 16.2. The summed E-state index contributed by atoms with van der Waals surface area (Å²) in [5.41, 5.74) is 8.22. The van der Waals surface area contributed by atoms with Gasteiger partial charge in [-0.2, -0.15) is 0 Å². The summed E-state index contributed by atoms with van der Waals surface area (Å²) in [4.78, 5) is 0. The minimum absolute atomic E-state index is 0.159. The van der Waals surface area contributed by atoms with Crippen LogP contribution in [0, 0.1) is 0 Å². The first-order valence-corrected chi connectivity index (χ1v) is 7.76. The third-order valence-electron chi connectivity index (χ3n) is 3.39. The molecule has 0 aromatic heterocycles. The fourth-order valence-corrected chi connectivity index (χ4v) is 2.66. The van der Waals surface area contributed by atoms with E-state index in [1.807, 2.05) is 49.4 Å². The monoisotopic (exact) mass is 323 g/mol. The van der Waals surface area contributed by atoms with Gasteiger partial charge in [-0.25, -0.2) is 0 Å². The van der Waals surface area contributed by atoms with Crippen LogP contribution in [0.2, 0.25) is 10.0 Å². The van der Waals surface area contributed by atoms with E-state index in [4.69, 9.17) is 33.7 Å². The Bertz CT molecular complexity index is 584. The summed E-state index contributed by atoms with van der Waals surface area (Å²) >= 11 is 12.1. The zero-order valence-corrected chi connectivity index (χ0v) is 13.5. The molecule has 4 heteroatoms. The third-order valence-corrected chi connectivity index (χ3v) is 3.88. The van der Waals surface area contributed by atoms with Crippen molar-refractivity contribution >= 4 is 23.2 Å².